The van der Waals surface area contributed by atoms with Crippen molar-refractivity contribution in [3.05, 3.63) is 50.1 Å². The van der Waals surface area contributed by atoms with Gasteiger partial charge in [-0.05, 0) is 36.4 Å². The van der Waals surface area contributed by atoms with E-state index in [0.29, 0.717) is 10.1 Å². The van der Waals surface area contributed by atoms with Crippen molar-refractivity contribution < 1.29 is 5.11 Å². The highest BCUT2D eigenvalue weighted by Gasteiger charge is 2.10. The van der Waals surface area contributed by atoms with Crippen LogP contribution in [0.25, 0.3) is 0 Å². The molecule has 90 valence electrons. The highest BCUT2D eigenvalue weighted by molar-refractivity contribution is 9.10. The summed E-state index contributed by atoms with van der Waals surface area (Å²) in [6.07, 6.45) is -0.457. The molecule has 2 aromatic rings. The maximum absolute atomic E-state index is 9.97. The molecule has 1 heterocycles. The predicted molar refractivity (Wildman–Crippen MR) is 79.2 cm³/mol. The summed E-state index contributed by atoms with van der Waals surface area (Å²) in [6, 6.07) is 11.7. The van der Waals surface area contributed by atoms with Crippen LogP contribution in [0.15, 0.2) is 45.8 Å². The minimum atomic E-state index is -0.457. The van der Waals surface area contributed by atoms with E-state index in [9.17, 15) is 5.11 Å². The molecule has 1 nitrogen and oxygen atoms in total. The smallest absolute Gasteiger partial charge is 0.0976 e. The molecule has 0 spiro atoms. The third-order valence-corrected chi connectivity index (χ3v) is 5.09. The lowest BCUT2D eigenvalue weighted by molar-refractivity contribution is 0.208. The minimum Gasteiger partial charge on any atom is -0.387 e. The van der Waals surface area contributed by atoms with Gasteiger partial charge >= 0.3 is 0 Å². The van der Waals surface area contributed by atoms with E-state index in [1.807, 2.05) is 36.4 Å². The Morgan fingerprint density at radius 1 is 1.24 bits per heavy atom. The fourth-order valence-corrected chi connectivity index (χ4v) is 3.57. The second kappa shape index (κ2) is 6.25. The van der Waals surface area contributed by atoms with Gasteiger partial charge in [0.05, 0.1) is 10.4 Å². The summed E-state index contributed by atoms with van der Waals surface area (Å²) >= 11 is 12.3. The third-order valence-electron chi connectivity index (χ3n) is 2.14. The molecule has 1 atom stereocenters. The zero-order valence-corrected chi connectivity index (χ0v) is 12.7. The summed E-state index contributed by atoms with van der Waals surface area (Å²) in [5, 5.41) is 9.97. The topological polar surface area (TPSA) is 20.2 Å². The summed E-state index contributed by atoms with van der Waals surface area (Å²) in [5.74, 6) is 0.637. The Morgan fingerprint density at radius 2 is 1.94 bits per heavy atom. The van der Waals surface area contributed by atoms with E-state index in [1.54, 1.807) is 11.8 Å². The largest absolute Gasteiger partial charge is 0.387 e. The van der Waals surface area contributed by atoms with Crippen molar-refractivity contribution in [2.75, 3.05) is 5.75 Å². The first-order chi connectivity index (χ1) is 8.15. The Labute approximate surface area is 122 Å². The molecule has 5 heteroatoms. The summed E-state index contributed by atoms with van der Waals surface area (Å²) in [6.45, 7) is 0. The van der Waals surface area contributed by atoms with Crippen LogP contribution in [0, 0.1) is 0 Å². The van der Waals surface area contributed by atoms with Gasteiger partial charge in [0, 0.05) is 20.0 Å². The lowest BCUT2D eigenvalue weighted by Crippen LogP contribution is -1.97. The summed E-state index contributed by atoms with van der Waals surface area (Å²) in [7, 11) is 0. The molecule has 1 aromatic carbocycles. The van der Waals surface area contributed by atoms with E-state index in [1.165, 1.54) is 11.3 Å². The normalized spacial score (nSPS) is 12.6. The summed E-state index contributed by atoms with van der Waals surface area (Å²) in [4.78, 5) is 2.06. The average Bonchev–Trinajstić information content (AvgIpc) is 2.75. The number of rotatable bonds is 4. The molecule has 17 heavy (non-hydrogen) atoms. The Morgan fingerprint density at radius 3 is 2.53 bits per heavy atom. The Bertz CT molecular complexity index is 484. The van der Waals surface area contributed by atoms with Crippen molar-refractivity contribution in [1.29, 1.82) is 0 Å². The van der Waals surface area contributed by atoms with Crippen LogP contribution >= 0.6 is 50.6 Å². The van der Waals surface area contributed by atoms with Gasteiger partial charge in [-0.2, -0.15) is 0 Å². The van der Waals surface area contributed by atoms with Crippen LogP contribution in [0.5, 0.6) is 0 Å². The molecule has 0 radical (unpaired) electrons. The fraction of sp³-hybridized carbons (Fsp3) is 0.167. The van der Waals surface area contributed by atoms with Crippen LogP contribution < -0.4 is 0 Å². The quantitative estimate of drug-likeness (QED) is 0.785. The van der Waals surface area contributed by atoms with Crippen molar-refractivity contribution in [3.8, 4) is 0 Å². The van der Waals surface area contributed by atoms with E-state index in [-0.39, 0.29) is 0 Å². The molecule has 0 aliphatic carbocycles. The second-order valence-corrected chi connectivity index (χ2v) is 7.18. The number of aliphatic hydroxyl groups is 1. The van der Waals surface area contributed by atoms with Gasteiger partial charge in [0.25, 0.3) is 0 Å². The summed E-state index contributed by atoms with van der Waals surface area (Å²) < 4.78 is 1.78. The Kier molecular flexibility index (Phi) is 4.94. The molecule has 0 aliphatic heterocycles. The molecule has 0 amide bonds. The number of halogens is 2. The molecule has 2 rings (SSSR count). The SMILES string of the molecule is OC(CSc1ccc(Br)cc1)c1ccc(Cl)s1. The molecule has 1 aromatic heterocycles. The fourth-order valence-electron chi connectivity index (χ4n) is 1.30. The predicted octanol–water partition coefficient (Wildman–Crippen LogP) is 4.99. The van der Waals surface area contributed by atoms with Gasteiger partial charge in [0.1, 0.15) is 0 Å². The lowest BCUT2D eigenvalue weighted by Gasteiger charge is -2.07. The molecule has 0 saturated carbocycles. The van der Waals surface area contributed by atoms with Gasteiger partial charge in [-0.3, -0.25) is 0 Å². The maximum atomic E-state index is 9.97. The first kappa shape index (κ1) is 13.4. The third kappa shape index (κ3) is 4.00. The molecule has 0 bridgehead atoms. The zero-order chi connectivity index (χ0) is 12.3. The van der Waals surface area contributed by atoms with Crippen LogP contribution in [0.3, 0.4) is 0 Å². The molecular weight excluding hydrogens is 340 g/mol. The van der Waals surface area contributed by atoms with Crippen molar-refractivity contribution in [2.24, 2.45) is 0 Å². The van der Waals surface area contributed by atoms with Crippen LogP contribution in [-0.4, -0.2) is 10.9 Å². The zero-order valence-electron chi connectivity index (χ0n) is 8.77. The molecule has 0 saturated heterocycles. The van der Waals surface area contributed by atoms with Gasteiger partial charge in [0.15, 0.2) is 0 Å². The molecular formula is C12H10BrClOS2. The molecule has 1 unspecified atom stereocenters. The number of benzene rings is 1. The van der Waals surface area contributed by atoms with Crippen LogP contribution in [0.4, 0.5) is 0 Å². The van der Waals surface area contributed by atoms with Crippen molar-refractivity contribution in [1.82, 2.24) is 0 Å². The monoisotopic (exact) mass is 348 g/mol. The highest BCUT2D eigenvalue weighted by atomic mass is 79.9. The van der Waals surface area contributed by atoms with E-state index >= 15 is 0 Å². The van der Waals surface area contributed by atoms with Gasteiger partial charge in [-0.1, -0.05) is 27.5 Å². The average molecular weight is 350 g/mol. The number of thioether (sulfide) groups is 1. The number of thiophene rings is 1. The first-order valence-electron chi connectivity index (χ1n) is 4.97. The van der Waals surface area contributed by atoms with Crippen LogP contribution in [0.1, 0.15) is 11.0 Å². The van der Waals surface area contributed by atoms with Gasteiger partial charge < -0.3 is 5.11 Å². The Hall–Kier alpha value is -0.0000000000000000278. The van der Waals surface area contributed by atoms with Gasteiger partial charge in [-0.15, -0.1) is 23.1 Å². The first-order valence-corrected chi connectivity index (χ1v) is 7.94. The van der Waals surface area contributed by atoms with Crippen LogP contribution in [0.2, 0.25) is 4.34 Å². The standard InChI is InChI=1S/C12H10BrClOS2/c13-8-1-3-9(4-2-8)16-7-10(15)11-5-6-12(14)17-11/h1-6,10,15H,7H2. The van der Waals surface area contributed by atoms with Crippen molar-refractivity contribution in [2.45, 2.75) is 11.0 Å². The molecule has 1 N–H and O–H groups in total. The lowest BCUT2D eigenvalue weighted by atomic mass is 10.3. The summed E-state index contributed by atoms with van der Waals surface area (Å²) in [5.41, 5.74) is 0. The van der Waals surface area contributed by atoms with E-state index < -0.39 is 6.10 Å². The van der Waals surface area contributed by atoms with E-state index in [0.717, 1.165) is 14.2 Å². The van der Waals surface area contributed by atoms with Crippen molar-refractivity contribution >= 4 is 50.6 Å². The Balaban J connectivity index is 1.92. The second-order valence-electron chi connectivity index (χ2n) is 3.42. The van der Waals surface area contributed by atoms with Crippen LogP contribution in [-0.2, 0) is 0 Å². The number of hydrogen-bond acceptors (Lipinski definition) is 3. The van der Waals surface area contributed by atoms with Gasteiger partial charge in [-0.25, -0.2) is 0 Å². The van der Waals surface area contributed by atoms with E-state index in [2.05, 4.69) is 15.9 Å². The van der Waals surface area contributed by atoms with Crippen molar-refractivity contribution in [3.63, 3.8) is 0 Å². The molecule has 0 fully saturated rings. The van der Waals surface area contributed by atoms with E-state index in [4.69, 9.17) is 11.6 Å². The minimum absolute atomic E-state index is 0.457. The maximum Gasteiger partial charge on any atom is 0.0976 e. The molecule has 0 aliphatic rings. The number of hydrogen-bond donors (Lipinski definition) is 1. The number of aliphatic hydroxyl groups excluding tert-OH is 1. The highest BCUT2D eigenvalue weighted by Crippen LogP contribution is 2.31. The van der Waals surface area contributed by atoms with Gasteiger partial charge in [0.2, 0.25) is 0 Å².